The number of Topliss-reactive ketones (excluding diaryl/α,β-unsaturated/α-hetero) is 2. The molecule has 0 amide bonds. The van der Waals surface area contributed by atoms with Crippen molar-refractivity contribution in [2.24, 2.45) is 0 Å². The van der Waals surface area contributed by atoms with E-state index in [1.807, 2.05) is 48.5 Å². The van der Waals surface area contributed by atoms with Crippen molar-refractivity contribution < 1.29 is 9.59 Å². The van der Waals surface area contributed by atoms with Crippen LogP contribution in [0, 0.1) is 0 Å². The van der Waals surface area contributed by atoms with E-state index in [0.29, 0.717) is 17.2 Å². The van der Waals surface area contributed by atoms with Crippen molar-refractivity contribution in [2.75, 3.05) is 67.5 Å². The van der Waals surface area contributed by atoms with Crippen LogP contribution in [0.25, 0.3) is 0 Å². The SMILES string of the molecule is O=C(C(=O)c1ccc(N2CCN(Cc3ccccc3C3CCCCC3)CC2)cc1)c1ccc(N2CCN(Cc3ccccc3NC3CCCCC3)CC2)cc1. The highest BCUT2D eigenvalue weighted by molar-refractivity contribution is 6.49. The van der Waals surface area contributed by atoms with Gasteiger partial charge in [0.15, 0.2) is 0 Å². The lowest BCUT2D eigenvalue weighted by atomic mass is 9.82. The third-order valence-corrected chi connectivity index (χ3v) is 12.8. The average molecular weight is 738 g/mol. The smallest absolute Gasteiger partial charge is 0.233 e. The molecule has 55 heavy (non-hydrogen) atoms. The fourth-order valence-corrected chi connectivity index (χ4v) is 9.48. The van der Waals surface area contributed by atoms with Crippen molar-refractivity contribution in [3.05, 3.63) is 125 Å². The molecule has 2 aliphatic heterocycles. The van der Waals surface area contributed by atoms with Crippen LogP contribution in [0.1, 0.15) is 108 Å². The molecule has 0 spiro atoms. The number of nitrogens with one attached hydrogen (secondary N) is 1. The summed E-state index contributed by atoms with van der Waals surface area (Å²) in [7, 11) is 0. The van der Waals surface area contributed by atoms with Gasteiger partial charge >= 0.3 is 0 Å². The molecule has 7 heteroatoms. The molecule has 4 aliphatic rings. The number of ketones is 2. The van der Waals surface area contributed by atoms with E-state index in [9.17, 15) is 9.59 Å². The first-order chi connectivity index (χ1) is 27.1. The lowest BCUT2D eigenvalue weighted by molar-refractivity contribution is 0.0817. The Morgan fingerprint density at radius 2 is 0.945 bits per heavy atom. The Labute approximate surface area is 328 Å². The fourth-order valence-electron chi connectivity index (χ4n) is 9.48. The van der Waals surface area contributed by atoms with E-state index in [4.69, 9.17) is 0 Å². The number of para-hydroxylation sites is 1. The molecular formula is C48H59N5O2. The molecule has 4 aromatic carbocycles. The highest BCUT2D eigenvalue weighted by Crippen LogP contribution is 2.35. The van der Waals surface area contributed by atoms with Crippen LogP contribution >= 0.6 is 0 Å². The molecular weight excluding hydrogens is 679 g/mol. The second kappa shape index (κ2) is 18.0. The first-order valence-electron chi connectivity index (χ1n) is 21.2. The second-order valence-corrected chi connectivity index (χ2v) is 16.4. The maximum atomic E-state index is 13.3. The van der Waals surface area contributed by atoms with Gasteiger partial charge in [0.2, 0.25) is 11.6 Å². The molecule has 4 fully saturated rings. The number of carbonyl (C=O) groups excluding carboxylic acids is 2. The van der Waals surface area contributed by atoms with Crippen LogP contribution in [-0.4, -0.2) is 79.8 Å². The van der Waals surface area contributed by atoms with E-state index >= 15 is 0 Å². The van der Waals surface area contributed by atoms with Gasteiger partial charge in [-0.2, -0.15) is 0 Å². The van der Waals surface area contributed by atoms with Crippen LogP contribution in [0.2, 0.25) is 0 Å². The van der Waals surface area contributed by atoms with E-state index in [2.05, 4.69) is 73.4 Å². The molecule has 1 N–H and O–H groups in total. The van der Waals surface area contributed by atoms with Gasteiger partial charge in [0, 0.05) is 99.7 Å². The number of benzene rings is 4. The van der Waals surface area contributed by atoms with Gasteiger partial charge in [-0.1, -0.05) is 81.0 Å². The largest absolute Gasteiger partial charge is 0.382 e. The third-order valence-electron chi connectivity index (χ3n) is 12.8. The molecule has 2 heterocycles. The van der Waals surface area contributed by atoms with E-state index in [1.165, 1.54) is 81.0 Å². The number of hydrogen-bond donors (Lipinski definition) is 1. The lowest BCUT2D eigenvalue weighted by Gasteiger charge is -2.37. The normalized spacial score (nSPS) is 19.3. The van der Waals surface area contributed by atoms with Crippen LogP contribution in [0.3, 0.4) is 0 Å². The minimum atomic E-state index is -0.452. The topological polar surface area (TPSA) is 59.1 Å². The number of anilines is 3. The van der Waals surface area contributed by atoms with Gasteiger partial charge in [0.05, 0.1) is 0 Å². The average Bonchev–Trinajstić information content (AvgIpc) is 3.25. The van der Waals surface area contributed by atoms with Gasteiger partial charge in [0.25, 0.3) is 0 Å². The van der Waals surface area contributed by atoms with Gasteiger partial charge in [-0.25, -0.2) is 0 Å². The Bertz CT molecular complexity index is 1860. The molecule has 0 unspecified atom stereocenters. The third kappa shape index (κ3) is 9.33. The maximum Gasteiger partial charge on any atom is 0.233 e. The van der Waals surface area contributed by atoms with Crippen LogP contribution in [0.15, 0.2) is 97.1 Å². The number of hydrogen-bond acceptors (Lipinski definition) is 7. The molecule has 2 saturated carbocycles. The van der Waals surface area contributed by atoms with Crippen molar-refractivity contribution in [3.8, 4) is 0 Å². The molecule has 2 aliphatic carbocycles. The first kappa shape index (κ1) is 37.5. The predicted octanol–water partition coefficient (Wildman–Crippen LogP) is 9.19. The van der Waals surface area contributed by atoms with Gasteiger partial charge < -0.3 is 15.1 Å². The molecule has 0 radical (unpaired) electrons. The predicted molar refractivity (Wildman–Crippen MR) is 226 cm³/mol. The highest BCUT2D eigenvalue weighted by atomic mass is 16.2. The molecule has 2 saturated heterocycles. The second-order valence-electron chi connectivity index (χ2n) is 16.4. The fraction of sp³-hybridized carbons (Fsp3) is 0.458. The summed E-state index contributed by atoms with van der Waals surface area (Å²) in [5, 5.41) is 3.85. The number of piperazine rings is 2. The molecule has 0 aromatic heterocycles. The van der Waals surface area contributed by atoms with Crippen LogP contribution in [0.4, 0.5) is 17.1 Å². The van der Waals surface area contributed by atoms with E-state index in [0.717, 1.165) is 82.7 Å². The summed E-state index contributed by atoms with van der Waals surface area (Å²) >= 11 is 0. The van der Waals surface area contributed by atoms with Gasteiger partial charge in [0.1, 0.15) is 0 Å². The molecule has 288 valence electrons. The van der Waals surface area contributed by atoms with Crippen molar-refractivity contribution in [3.63, 3.8) is 0 Å². The summed E-state index contributed by atoms with van der Waals surface area (Å²) in [6, 6.07) is 33.8. The first-order valence-corrected chi connectivity index (χ1v) is 21.2. The summed E-state index contributed by atoms with van der Waals surface area (Å²) in [4.78, 5) is 36.5. The van der Waals surface area contributed by atoms with E-state index in [-0.39, 0.29) is 0 Å². The molecule has 7 nitrogen and oxygen atoms in total. The number of nitrogens with zero attached hydrogens (tertiary/aromatic N) is 4. The summed E-state index contributed by atoms with van der Waals surface area (Å²) < 4.78 is 0. The zero-order valence-corrected chi connectivity index (χ0v) is 32.6. The van der Waals surface area contributed by atoms with Crippen molar-refractivity contribution in [1.29, 1.82) is 0 Å². The quantitative estimate of drug-likeness (QED) is 0.115. The summed E-state index contributed by atoms with van der Waals surface area (Å²) in [6.07, 6.45) is 13.3. The van der Waals surface area contributed by atoms with Gasteiger partial charge in [-0.05, 0) is 103 Å². The lowest BCUT2D eigenvalue weighted by Crippen LogP contribution is -2.46. The Morgan fingerprint density at radius 1 is 0.491 bits per heavy atom. The number of carbonyl (C=O) groups is 2. The van der Waals surface area contributed by atoms with E-state index in [1.54, 1.807) is 5.56 Å². The summed E-state index contributed by atoms with van der Waals surface area (Å²) in [5.74, 6) is -0.183. The van der Waals surface area contributed by atoms with Crippen LogP contribution in [0.5, 0.6) is 0 Å². The van der Waals surface area contributed by atoms with Gasteiger partial charge in [-0.15, -0.1) is 0 Å². The monoisotopic (exact) mass is 737 g/mol. The van der Waals surface area contributed by atoms with Crippen LogP contribution < -0.4 is 15.1 Å². The molecule has 0 bridgehead atoms. The van der Waals surface area contributed by atoms with Crippen molar-refractivity contribution >= 4 is 28.6 Å². The van der Waals surface area contributed by atoms with E-state index < -0.39 is 11.6 Å². The Balaban J connectivity index is 0.799. The minimum absolute atomic E-state index is 0.444. The maximum absolute atomic E-state index is 13.3. The Kier molecular flexibility index (Phi) is 12.3. The molecule has 0 atom stereocenters. The Morgan fingerprint density at radius 3 is 1.49 bits per heavy atom. The summed E-state index contributed by atoms with van der Waals surface area (Å²) in [6.45, 7) is 9.71. The summed E-state index contributed by atoms with van der Waals surface area (Å²) in [5.41, 5.74) is 8.83. The zero-order valence-electron chi connectivity index (χ0n) is 32.6. The molecule has 4 aromatic rings. The number of rotatable bonds is 12. The van der Waals surface area contributed by atoms with Gasteiger partial charge in [-0.3, -0.25) is 19.4 Å². The zero-order chi connectivity index (χ0) is 37.4. The van der Waals surface area contributed by atoms with Crippen LogP contribution in [-0.2, 0) is 13.1 Å². The van der Waals surface area contributed by atoms with Crippen molar-refractivity contribution in [1.82, 2.24) is 9.80 Å². The minimum Gasteiger partial charge on any atom is -0.382 e. The highest BCUT2D eigenvalue weighted by Gasteiger charge is 2.24. The van der Waals surface area contributed by atoms with Crippen molar-refractivity contribution in [2.45, 2.75) is 89.3 Å². The standard InChI is InChI=1S/C48H59N5O2/c54-47(38-19-23-43(24-20-38)52-31-27-50(28-32-52)35-40-13-7-9-17-45(40)37-11-3-1-4-12-37)48(55)39-21-25-44(26-22-39)53-33-29-51(30-34-53)36-41-14-8-10-18-46(41)49-42-15-5-2-6-16-42/h7-10,13-14,17-26,37,42,49H,1-6,11-12,15-16,27-36H2. The molecule has 8 rings (SSSR count). The Hall–Kier alpha value is -4.46.